The van der Waals surface area contributed by atoms with Gasteiger partial charge >= 0.3 is 0 Å². The van der Waals surface area contributed by atoms with Crippen molar-refractivity contribution < 1.29 is 4.48 Å². The Morgan fingerprint density at radius 3 is 1.88 bits per heavy atom. The molecule has 0 amide bonds. The SMILES string of the molecule is CCC(CC)(Cc1ccccc1)[N+](C)(C)CC. The van der Waals surface area contributed by atoms with E-state index in [0.29, 0.717) is 5.54 Å². The van der Waals surface area contributed by atoms with Gasteiger partial charge in [0.1, 0.15) is 5.54 Å². The first-order valence-electron chi connectivity index (χ1n) is 6.88. The summed E-state index contributed by atoms with van der Waals surface area (Å²) < 4.78 is 1.11. The Bertz CT molecular complexity index is 323. The van der Waals surface area contributed by atoms with Gasteiger partial charge in [-0.2, -0.15) is 0 Å². The van der Waals surface area contributed by atoms with Crippen LogP contribution < -0.4 is 0 Å². The maximum Gasteiger partial charge on any atom is 0.102 e. The van der Waals surface area contributed by atoms with Gasteiger partial charge in [-0.3, -0.25) is 0 Å². The first-order chi connectivity index (χ1) is 8.01. The van der Waals surface area contributed by atoms with Gasteiger partial charge in [0.15, 0.2) is 0 Å². The van der Waals surface area contributed by atoms with Crippen molar-refractivity contribution in [2.24, 2.45) is 0 Å². The number of nitrogens with zero attached hydrogens (tertiary/aromatic N) is 1. The first-order valence-corrected chi connectivity index (χ1v) is 6.88. The van der Waals surface area contributed by atoms with E-state index in [2.05, 4.69) is 65.2 Å². The van der Waals surface area contributed by atoms with Crippen LogP contribution in [0.15, 0.2) is 30.3 Å². The van der Waals surface area contributed by atoms with Crippen LogP contribution in [0.25, 0.3) is 0 Å². The van der Waals surface area contributed by atoms with Crippen molar-refractivity contribution in [2.45, 2.75) is 45.6 Å². The van der Waals surface area contributed by atoms with E-state index in [9.17, 15) is 0 Å². The summed E-state index contributed by atoms with van der Waals surface area (Å²) in [5.41, 5.74) is 1.84. The zero-order valence-corrected chi connectivity index (χ0v) is 12.2. The Hall–Kier alpha value is -0.820. The number of quaternary nitrogens is 1. The highest BCUT2D eigenvalue weighted by Crippen LogP contribution is 2.32. The van der Waals surface area contributed by atoms with E-state index in [4.69, 9.17) is 0 Å². The molecule has 0 saturated heterocycles. The van der Waals surface area contributed by atoms with Gasteiger partial charge in [-0.05, 0) is 25.3 Å². The van der Waals surface area contributed by atoms with E-state index in [1.165, 1.54) is 31.4 Å². The number of hydrogen-bond acceptors (Lipinski definition) is 0. The highest BCUT2D eigenvalue weighted by atomic mass is 15.4. The molecule has 0 aromatic heterocycles. The van der Waals surface area contributed by atoms with Crippen molar-refractivity contribution in [3.8, 4) is 0 Å². The second-order valence-electron chi connectivity index (χ2n) is 5.60. The third kappa shape index (κ3) is 2.90. The Kier molecular flexibility index (Phi) is 4.76. The first kappa shape index (κ1) is 14.2. The minimum Gasteiger partial charge on any atom is -0.324 e. The largest absolute Gasteiger partial charge is 0.324 e. The Morgan fingerprint density at radius 1 is 0.941 bits per heavy atom. The third-order valence-electron chi connectivity index (χ3n) is 4.77. The molecule has 17 heavy (non-hydrogen) atoms. The van der Waals surface area contributed by atoms with Gasteiger partial charge in [-0.1, -0.05) is 44.2 Å². The minimum atomic E-state index is 0.371. The number of likely N-dealkylation sites (N-methyl/N-ethyl adjacent to an activating group) is 1. The van der Waals surface area contributed by atoms with Crippen molar-refractivity contribution in [3.05, 3.63) is 35.9 Å². The molecule has 1 rings (SSSR count). The highest BCUT2D eigenvalue weighted by molar-refractivity contribution is 5.17. The monoisotopic (exact) mass is 234 g/mol. The maximum atomic E-state index is 2.37. The lowest BCUT2D eigenvalue weighted by atomic mass is 9.82. The van der Waals surface area contributed by atoms with Crippen molar-refractivity contribution >= 4 is 0 Å². The summed E-state index contributed by atoms with van der Waals surface area (Å²) in [7, 11) is 4.74. The summed E-state index contributed by atoms with van der Waals surface area (Å²) in [6, 6.07) is 10.9. The van der Waals surface area contributed by atoms with Crippen LogP contribution in [0.1, 0.15) is 39.2 Å². The lowest BCUT2D eigenvalue weighted by Gasteiger charge is -2.48. The molecule has 0 aliphatic heterocycles. The molecule has 0 N–H and O–H groups in total. The average molecular weight is 234 g/mol. The zero-order valence-electron chi connectivity index (χ0n) is 12.2. The molecule has 0 saturated carbocycles. The maximum absolute atomic E-state index is 2.37. The molecule has 0 unspecified atom stereocenters. The summed E-state index contributed by atoms with van der Waals surface area (Å²) in [6.07, 6.45) is 3.65. The smallest absolute Gasteiger partial charge is 0.102 e. The molecule has 0 heterocycles. The predicted molar refractivity (Wildman–Crippen MR) is 76.1 cm³/mol. The predicted octanol–water partition coefficient (Wildman–Crippen LogP) is 3.88. The Morgan fingerprint density at radius 2 is 1.47 bits per heavy atom. The summed E-state index contributed by atoms with van der Waals surface area (Å²) >= 11 is 0. The van der Waals surface area contributed by atoms with E-state index in [-0.39, 0.29) is 0 Å². The van der Waals surface area contributed by atoms with Crippen LogP contribution in [-0.2, 0) is 6.42 Å². The van der Waals surface area contributed by atoms with E-state index < -0.39 is 0 Å². The molecular formula is C16H28N+. The molecule has 0 aliphatic carbocycles. The fourth-order valence-corrected chi connectivity index (χ4v) is 2.88. The fraction of sp³-hybridized carbons (Fsp3) is 0.625. The minimum absolute atomic E-state index is 0.371. The van der Waals surface area contributed by atoms with Crippen LogP contribution in [-0.4, -0.2) is 30.7 Å². The molecule has 0 bridgehead atoms. The molecule has 1 aromatic rings. The van der Waals surface area contributed by atoms with E-state index in [1.54, 1.807) is 0 Å². The molecule has 1 heteroatoms. The van der Waals surface area contributed by atoms with Crippen LogP contribution in [0.2, 0.25) is 0 Å². The molecule has 0 atom stereocenters. The second kappa shape index (κ2) is 5.68. The van der Waals surface area contributed by atoms with Crippen LogP contribution >= 0.6 is 0 Å². The number of hydrogen-bond donors (Lipinski definition) is 0. The van der Waals surface area contributed by atoms with Gasteiger partial charge in [0.25, 0.3) is 0 Å². The standard InChI is InChI=1S/C16H28N/c1-6-16(7-2,17(4,5)8-3)14-15-12-10-9-11-13-15/h9-13H,6-8,14H2,1-5H3/q+1. The van der Waals surface area contributed by atoms with Gasteiger partial charge in [0, 0.05) is 6.42 Å². The van der Waals surface area contributed by atoms with E-state index in [1.807, 2.05) is 0 Å². The lowest BCUT2D eigenvalue weighted by molar-refractivity contribution is -0.941. The van der Waals surface area contributed by atoms with Gasteiger partial charge in [-0.15, -0.1) is 0 Å². The van der Waals surface area contributed by atoms with Gasteiger partial charge < -0.3 is 4.48 Å². The van der Waals surface area contributed by atoms with Gasteiger partial charge in [-0.25, -0.2) is 0 Å². The number of rotatable bonds is 6. The molecule has 0 aliphatic rings. The lowest BCUT2D eigenvalue weighted by Crippen LogP contribution is -2.60. The summed E-state index contributed by atoms with van der Waals surface area (Å²) in [6.45, 7) is 8.16. The number of benzene rings is 1. The second-order valence-corrected chi connectivity index (χ2v) is 5.60. The molecular weight excluding hydrogens is 206 g/mol. The normalized spacial score (nSPS) is 12.8. The van der Waals surface area contributed by atoms with E-state index >= 15 is 0 Å². The van der Waals surface area contributed by atoms with Gasteiger partial charge in [0.2, 0.25) is 0 Å². The fourth-order valence-electron chi connectivity index (χ4n) is 2.88. The molecule has 0 spiro atoms. The molecule has 1 nitrogen and oxygen atoms in total. The van der Waals surface area contributed by atoms with E-state index in [0.717, 1.165) is 4.48 Å². The van der Waals surface area contributed by atoms with Crippen molar-refractivity contribution in [1.29, 1.82) is 0 Å². The summed E-state index contributed by atoms with van der Waals surface area (Å²) in [4.78, 5) is 0. The topological polar surface area (TPSA) is 0 Å². The van der Waals surface area contributed by atoms with Crippen molar-refractivity contribution in [3.63, 3.8) is 0 Å². The average Bonchev–Trinajstić information content (AvgIpc) is 2.37. The van der Waals surface area contributed by atoms with Crippen molar-refractivity contribution in [1.82, 2.24) is 0 Å². The Labute approximate surface area is 107 Å². The van der Waals surface area contributed by atoms with Crippen LogP contribution in [0.3, 0.4) is 0 Å². The molecule has 0 fully saturated rings. The van der Waals surface area contributed by atoms with Crippen LogP contribution in [0.5, 0.6) is 0 Å². The Balaban J connectivity index is 3.01. The van der Waals surface area contributed by atoms with Crippen LogP contribution in [0.4, 0.5) is 0 Å². The zero-order chi connectivity index (χ0) is 12.9. The third-order valence-corrected chi connectivity index (χ3v) is 4.77. The quantitative estimate of drug-likeness (QED) is 0.655. The van der Waals surface area contributed by atoms with Gasteiger partial charge in [0.05, 0.1) is 20.6 Å². The summed E-state index contributed by atoms with van der Waals surface area (Å²) in [5.74, 6) is 0. The van der Waals surface area contributed by atoms with Crippen molar-refractivity contribution in [2.75, 3.05) is 20.6 Å². The van der Waals surface area contributed by atoms with Crippen LogP contribution in [0, 0.1) is 0 Å². The highest BCUT2D eigenvalue weighted by Gasteiger charge is 2.41. The molecule has 96 valence electrons. The molecule has 1 aromatic carbocycles. The summed E-state index contributed by atoms with van der Waals surface area (Å²) in [5, 5.41) is 0. The molecule has 0 radical (unpaired) electrons.